The van der Waals surface area contributed by atoms with E-state index in [1.165, 1.54) is 0 Å². The van der Waals surface area contributed by atoms with Crippen molar-refractivity contribution in [2.45, 2.75) is 32.4 Å². The van der Waals surface area contributed by atoms with Crippen molar-refractivity contribution in [1.82, 2.24) is 4.90 Å². The molecule has 0 aromatic carbocycles. The Morgan fingerprint density at radius 1 is 1.48 bits per heavy atom. The number of carbonyl (C=O) groups is 2. The fraction of sp³-hybridized carbons (Fsp3) is 0.412. The van der Waals surface area contributed by atoms with Crippen LogP contribution in [-0.2, 0) is 20.9 Å². The van der Waals surface area contributed by atoms with Crippen LogP contribution in [0.15, 0.2) is 34.3 Å². The van der Waals surface area contributed by atoms with E-state index in [1.807, 2.05) is 24.4 Å². The molecule has 3 rings (SSSR count). The third kappa shape index (κ3) is 3.17. The number of carbonyl (C=O) groups excluding carboxylic acids is 2. The van der Waals surface area contributed by atoms with Crippen LogP contribution in [0.2, 0.25) is 0 Å². The smallest absolute Gasteiger partial charge is 0.311 e. The van der Waals surface area contributed by atoms with E-state index >= 15 is 0 Å². The lowest BCUT2D eigenvalue weighted by Crippen LogP contribution is -2.43. The summed E-state index contributed by atoms with van der Waals surface area (Å²) in [6.45, 7) is 2.04. The van der Waals surface area contributed by atoms with Crippen molar-refractivity contribution in [3.8, 4) is 0 Å². The van der Waals surface area contributed by atoms with Crippen LogP contribution in [0, 0.1) is 12.8 Å². The second-order valence-electron chi connectivity index (χ2n) is 5.72. The van der Waals surface area contributed by atoms with Crippen molar-refractivity contribution in [2.24, 2.45) is 5.92 Å². The fourth-order valence-electron chi connectivity index (χ4n) is 2.95. The minimum atomic E-state index is -0.330. The molecule has 0 bridgehead atoms. The van der Waals surface area contributed by atoms with Crippen LogP contribution in [0.3, 0.4) is 0 Å². The molecule has 122 valence electrons. The molecule has 1 amide bonds. The Morgan fingerprint density at radius 2 is 2.30 bits per heavy atom. The molecule has 1 aliphatic heterocycles. The summed E-state index contributed by atoms with van der Waals surface area (Å²) >= 11 is 1.56. The Bertz CT molecular complexity index is 691. The normalized spacial score (nSPS) is 21.5. The van der Waals surface area contributed by atoms with Gasteiger partial charge in [0.15, 0.2) is 0 Å². The molecule has 0 spiro atoms. The summed E-state index contributed by atoms with van der Waals surface area (Å²) < 4.78 is 10.7. The van der Waals surface area contributed by atoms with Crippen LogP contribution in [0.4, 0.5) is 0 Å². The van der Waals surface area contributed by atoms with Crippen molar-refractivity contribution in [1.29, 1.82) is 0 Å². The molecular formula is C17H19NO4S. The van der Waals surface area contributed by atoms with Crippen LogP contribution >= 0.6 is 11.3 Å². The molecule has 0 saturated carbocycles. The fourth-order valence-corrected chi connectivity index (χ4v) is 3.88. The van der Waals surface area contributed by atoms with Crippen LogP contribution < -0.4 is 0 Å². The zero-order valence-electron chi connectivity index (χ0n) is 13.2. The van der Waals surface area contributed by atoms with Gasteiger partial charge in [0.25, 0.3) is 0 Å². The number of piperidine rings is 1. The van der Waals surface area contributed by atoms with E-state index in [1.54, 1.807) is 35.6 Å². The average Bonchev–Trinajstić information content (AvgIpc) is 3.19. The minimum absolute atomic E-state index is 0.0677. The Morgan fingerprint density at radius 3 is 2.96 bits per heavy atom. The molecule has 0 N–H and O–H groups in total. The molecule has 2 aromatic heterocycles. The summed E-state index contributed by atoms with van der Waals surface area (Å²) in [7, 11) is 1.76. The molecule has 1 saturated heterocycles. The van der Waals surface area contributed by atoms with Gasteiger partial charge in [-0.2, -0.15) is 0 Å². The highest BCUT2D eigenvalue weighted by Gasteiger charge is 2.40. The minimum Gasteiger partial charge on any atom is -0.469 e. The molecule has 2 aromatic rings. The molecule has 5 nitrogen and oxygen atoms in total. The van der Waals surface area contributed by atoms with Gasteiger partial charge in [0.2, 0.25) is 5.91 Å². The number of ether oxygens (including phenoxy) is 1. The standard InChI is InChI=1S/C17H19NO4S/c1-11-12(7-8-21-11)10-22-17(20)13-5-6-15(19)18(2)16(13)14-4-3-9-23-14/h3-4,7-9,13,16H,5-6,10H2,1-2H3/t13-,16-/m0/s1. The molecular weight excluding hydrogens is 314 g/mol. The predicted molar refractivity (Wildman–Crippen MR) is 85.8 cm³/mol. The summed E-state index contributed by atoms with van der Waals surface area (Å²) in [5, 5.41) is 1.96. The summed E-state index contributed by atoms with van der Waals surface area (Å²) in [5.74, 6) is 0.230. The van der Waals surface area contributed by atoms with E-state index in [0.29, 0.717) is 12.8 Å². The maximum Gasteiger partial charge on any atom is 0.311 e. The maximum absolute atomic E-state index is 12.6. The van der Waals surface area contributed by atoms with Gasteiger partial charge < -0.3 is 14.1 Å². The van der Waals surface area contributed by atoms with E-state index in [4.69, 9.17) is 9.15 Å². The summed E-state index contributed by atoms with van der Waals surface area (Å²) in [6, 6.07) is 5.46. The molecule has 3 heterocycles. The molecule has 0 radical (unpaired) electrons. The van der Waals surface area contributed by atoms with Crippen LogP contribution in [0.5, 0.6) is 0 Å². The second-order valence-corrected chi connectivity index (χ2v) is 6.70. The average molecular weight is 333 g/mol. The van der Waals surface area contributed by atoms with Gasteiger partial charge in [0.05, 0.1) is 18.2 Å². The molecule has 23 heavy (non-hydrogen) atoms. The van der Waals surface area contributed by atoms with Gasteiger partial charge in [0, 0.05) is 23.9 Å². The van der Waals surface area contributed by atoms with Gasteiger partial charge in [-0.05, 0) is 30.9 Å². The zero-order chi connectivity index (χ0) is 16.4. The largest absolute Gasteiger partial charge is 0.469 e. The number of likely N-dealkylation sites (tertiary alicyclic amines) is 1. The Hall–Kier alpha value is -2.08. The van der Waals surface area contributed by atoms with E-state index in [9.17, 15) is 9.59 Å². The monoisotopic (exact) mass is 333 g/mol. The van der Waals surface area contributed by atoms with E-state index in [-0.39, 0.29) is 30.4 Å². The summed E-state index contributed by atoms with van der Waals surface area (Å²) in [6.07, 6.45) is 2.48. The number of furan rings is 1. The van der Waals surface area contributed by atoms with Crippen molar-refractivity contribution in [3.05, 3.63) is 46.0 Å². The first-order valence-corrected chi connectivity index (χ1v) is 8.44. The molecule has 0 aliphatic carbocycles. The van der Waals surface area contributed by atoms with E-state index < -0.39 is 0 Å². The topological polar surface area (TPSA) is 59.8 Å². The Labute approximate surface area is 138 Å². The second kappa shape index (κ2) is 6.58. The van der Waals surface area contributed by atoms with Crippen LogP contribution in [0.1, 0.15) is 35.1 Å². The first kappa shape index (κ1) is 15.8. The van der Waals surface area contributed by atoms with Gasteiger partial charge in [0.1, 0.15) is 12.4 Å². The number of hydrogen-bond acceptors (Lipinski definition) is 5. The SMILES string of the molecule is Cc1occc1COC(=O)[C@H]1CCC(=O)N(C)[C@@H]1c1cccs1. The van der Waals surface area contributed by atoms with Crippen molar-refractivity contribution < 1.29 is 18.7 Å². The van der Waals surface area contributed by atoms with Gasteiger partial charge in [-0.25, -0.2) is 0 Å². The highest BCUT2D eigenvalue weighted by atomic mass is 32.1. The first-order chi connectivity index (χ1) is 11.1. The molecule has 1 fully saturated rings. The van der Waals surface area contributed by atoms with E-state index in [2.05, 4.69) is 0 Å². The predicted octanol–water partition coefficient (Wildman–Crippen LogP) is 3.30. The zero-order valence-corrected chi connectivity index (χ0v) is 14.0. The number of thiophene rings is 1. The van der Waals surface area contributed by atoms with Crippen LogP contribution in [0.25, 0.3) is 0 Å². The Kier molecular flexibility index (Phi) is 4.52. The van der Waals surface area contributed by atoms with Crippen molar-refractivity contribution in [2.75, 3.05) is 7.05 Å². The van der Waals surface area contributed by atoms with Gasteiger partial charge in [-0.15, -0.1) is 11.3 Å². The van der Waals surface area contributed by atoms with Gasteiger partial charge >= 0.3 is 5.97 Å². The molecule has 0 unspecified atom stereocenters. The van der Waals surface area contributed by atoms with Gasteiger partial charge in [-0.1, -0.05) is 6.07 Å². The quantitative estimate of drug-likeness (QED) is 0.806. The highest BCUT2D eigenvalue weighted by molar-refractivity contribution is 7.10. The lowest BCUT2D eigenvalue weighted by atomic mass is 9.88. The Balaban J connectivity index is 1.74. The lowest BCUT2D eigenvalue weighted by Gasteiger charge is -2.37. The summed E-state index contributed by atoms with van der Waals surface area (Å²) in [5.41, 5.74) is 0.867. The summed E-state index contributed by atoms with van der Waals surface area (Å²) in [4.78, 5) is 27.3. The van der Waals surface area contributed by atoms with Crippen molar-refractivity contribution >= 4 is 23.2 Å². The number of rotatable bonds is 4. The first-order valence-electron chi connectivity index (χ1n) is 7.56. The number of hydrogen-bond donors (Lipinski definition) is 0. The maximum atomic E-state index is 12.6. The molecule has 1 aliphatic rings. The highest BCUT2D eigenvalue weighted by Crippen LogP contribution is 2.38. The number of amides is 1. The molecule has 6 heteroatoms. The number of aryl methyl sites for hydroxylation is 1. The number of esters is 1. The van der Waals surface area contributed by atoms with Crippen LogP contribution in [-0.4, -0.2) is 23.8 Å². The molecule has 2 atom stereocenters. The van der Waals surface area contributed by atoms with Crippen molar-refractivity contribution in [3.63, 3.8) is 0 Å². The number of nitrogens with zero attached hydrogens (tertiary/aromatic N) is 1. The third-order valence-electron chi connectivity index (χ3n) is 4.33. The van der Waals surface area contributed by atoms with E-state index in [0.717, 1.165) is 16.2 Å². The lowest BCUT2D eigenvalue weighted by molar-refractivity contribution is -0.157. The third-order valence-corrected chi connectivity index (χ3v) is 5.28. The van der Waals surface area contributed by atoms with Gasteiger partial charge in [-0.3, -0.25) is 9.59 Å².